The fourth-order valence-electron chi connectivity index (χ4n) is 1.69. The second-order valence-corrected chi connectivity index (χ2v) is 4.86. The van der Waals surface area contributed by atoms with Gasteiger partial charge in [-0.05, 0) is 39.4 Å². The van der Waals surface area contributed by atoms with Gasteiger partial charge in [0.25, 0.3) is 0 Å². The number of ether oxygens (including phenoxy) is 1. The molecule has 96 valence electrons. The Hall–Kier alpha value is -1.06. The quantitative estimate of drug-likeness (QED) is 0.771. The van der Waals surface area contributed by atoms with E-state index in [4.69, 9.17) is 10.5 Å². The lowest BCUT2D eigenvalue weighted by Crippen LogP contribution is -2.24. The number of anilines is 1. The lowest BCUT2D eigenvalue weighted by molar-refractivity contribution is 0.0627. The van der Waals surface area contributed by atoms with Gasteiger partial charge in [-0.1, -0.05) is 17.7 Å². The minimum atomic E-state index is 0.299. The number of rotatable bonds is 6. The van der Waals surface area contributed by atoms with Gasteiger partial charge in [0.05, 0.1) is 12.7 Å². The lowest BCUT2D eigenvalue weighted by Gasteiger charge is -2.19. The summed E-state index contributed by atoms with van der Waals surface area (Å²) in [6.07, 6.45) is 0.299. The van der Waals surface area contributed by atoms with Crippen molar-refractivity contribution in [2.75, 3.05) is 25.9 Å². The van der Waals surface area contributed by atoms with E-state index in [-0.39, 0.29) is 0 Å². The van der Waals surface area contributed by atoms with Gasteiger partial charge < -0.3 is 10.5 Å². The highest BCUT2D eigenvalue weighted by Gasteiger charge is 2.04. The van der Waals surface area contributed by atoms with Crippen molar-refractivity contribution in [3.8, 4) is 0 Å². The van der Waals surface area contributed by atoms with Gasteiger partial charge in [-0.2, -0.15) is 0 Å². The molecule has 0 aromatic heterocycles. The van der Waals surface area contributed by atoms with Crippen molar-refractivity contribution in [2.45, 2.75) is 33.4 Å². The standard InChI is InChI=1S/C14H24N2O/c1-11(2)17-8-7-16(4)10-13-9-12(3)5-6-14(13)15/h5-6,9,11H,7-8,10,15H2,1-4H3. The van der Waals surface area contributed by atoms with E-state index in [2.05, 4.69) is 38.8 Å². The van der Waals surface area contributed by atoms with Gasteiger partial charge in [0.2, 0.25) is 0 Å². The smallest absolute Gasteiger partial charge is 0.0596 e. The molecule has 1 aromatic carbocycles. The second kappa shape index (κ2) is 6.62. The normalized spacial score (nSPS) is 11.4. The molecule has 1 aromatic rings. The Morgan fingerprint density at radius 2 is 2.06 bits per heavy atom. The van der Waals surface area contributed by atoms with Crippen LogP contribution in [0, 0.1) is 6.92 Å². The van der Waals surface area contributed by atoms with Gasteiger partial charge in [-0.3, -0.25) is 4.90 Å². The first-order chi connectivity index (χ1) is 7.99. The summed E-state index contributed by atoms with van der Waals surface area (Å²) in [6.45, 7) is 8.75. The van der Waals surface area contributed by atoms with Crippen LogP contribution in [0.3, 0.4) is 0 Å². The first-order valence-corrected chi connectivity index (χ1v) is 6.14. The topological polar surface area (TPSA) is 38.5 Å². The summed E-state index contributed by atoms with van der Waals surface area (Å²) in [5, 5.41) is 0. The van der Waals surface area contributed by atoms with Gasteiger partial charge in [-0.15, -0.1) is 0 Å². The zero-order chi connectivity index (χ0) is 12.8. The van der Waals surface area contributed by atoms with Gasteiger partial charge in [-0.25, -0.2) is 0 Å². The molecule has 0 radical (unpaired) electrons. The summed E-state index contributed by atoms with van der Waals surface area (Å²) in [6, 6.07) is 6.17. The van der Waals surface area contributed by atoms with Gasteiger partial charge in [0.15, 0.2) is 0 Å². The van der Waals surface area contributed by atoms with Crippen LogP contribution >= 0.6 is 0 Å². The maximum absolute atomic E-state index is 5.96. The molecular weight excluding hydrogens is 212 g/mol. The first kappa shape index (κ1) is 14.0. The molecule has 3 heteroatoms. The number of nitrogen functional groups attached to an aromatic ring is 1. The molecule has 0 spiro atoms. The second-order valence-electron chi connectivity index (χ2n) is 4.86. The highest BCUT2D eigenvalue weighted by molar-refractivity contribution is 5.48. The third-order valence-electron chi connectivity index (χ3n) is 2.66. The predicted molar refractivity (Wildman–Crippen MR) is 73.0 cm³/mol. The number of hydrogen-bond donors (Lipinski definition) is 1. The van der Waals surface area contributed by atoms with Crippen LogP contribution in [-0.4, -0.2) is 31.2 Å². The highest BCUT2D eigenvalue weighted by atomic mass is 16.5. The molecule has 0 amide bonds. The third kappa shape index (κ3) is 5.20. The summed E-state index contributed by atoms with van der Waals surface area (Å²) in [7, 11) is 2.09. The SMILES string of the molecule is Cc1ccc(N)c(CN(C)CCOC(C)C)c1. The molecule has 0 aliphatic heterocycles. The molecule has 0 unspecified atom stereocenters. The molecule has 0 saturated heterocycles. The van der Waals surface area contributed by atoms with E-state index in [1.807, 2.05) is 12.1 Å². The van der Waals surface area contributed by atoms with Crippen molar-refractivity contribution in [2.24, 2.45) is 0 Å². The molecule has 3 nitrogen and oxygen atoms in total. The van der Waals surface area contributed by atoms with Crippen molar-refractivity contribution in [3.05, 3.63) is 29.3 Å². The maximum Gasteiger partial charge on any atom is 0.0596 e. The van der Waals surface area contributed by atoms with Crippen LogP contribution in [0.25, 0.3) is 0 Å². The number of nitrogens with two attached hydrogens (primary N) is 1. The van der Waals surface area contributed by atoms with Crippen LogP contribution in [0.15, 0.2) is 18.2 Å². The predicted octanol–water partition coefficient (Wildman–Crippen LogP) is 2.43. The van der Waals surface area contributed by atoms with E-state index in [1.165, 1.54) is 11.1 Å². The van der Waals surface area contributed by atoms with E-state index >= 15 is 0 Å². The molecule has 0 aliphatic rings. The van der Waals surface area contributed by atoms with Crippen molar-refractivity contribution in [1.29, 1.82) is 0 Å². The average molecular weight is 236 g/mol. The third-order valence-corrected chi connectivity index (χ3v) is 2.66. The summed E-state index contributed by atoms with van der Waals surface area (Å²) in [5.74, 6) is 0. The molecule has 0 saturated carbocycles. The Kier molecular flexibility index (Phi) is 5.45. The van der Waals surface area contributed by atoms with Gasteiger partial charge >= 0.3 is 0 Å². The minimum absolute atomic E-state index is 0.299. The van der Waals surface area contributed by atoms with Crippen molar-refractivity contribution >= 4 is 5.69 Å². The van der Waals surface area contributed by atoms with Crippen LogP contribution in [0.5, 0.6) is 0 Å². The molecule has 17 heavy (non-hydrogen) atoms. The lowest BCUT2D eigenvalue weighted by atomic mass is 10.1. The number of nitrogens with zero attached hydrogens (tertiary/aromatic N) is 1. The van der Waals surface area contributed by atoms with Crippen molar-refractivity contribution in [3.63, 3.8) is 0 Å². The van der Waals surface area contributed by atoms with Crippen molar-refractivity contribution < 1.29 is 4.74 Å². The largest absolute Gasteiger partial charge is 0.398 e. The summed E-state index contributed by atoms with van der Waals surface area (Å²) in [4.78, 5) is 2.23. The summed E-state index contributed by atoms with van der Waals surface area (Å²) >= 11 is 0. The molecule has 2 N–H and O–H groups in total. The van der Waals surface area contributed by atoms with Crippen molar-refractivity contribution in [1.82, 2.24) is 4.90 Å². The number of benzene rings is 1. The maximum atomic E-state index is 5.96. The fraction of sp³-hybridized carbons (Fsp3) is 0.571. The number of hydrogen-bond acceptors (Lipinski definition) is 3. The fourth-order valence-corrected chi connectivity index (χ4v) is 1.69. The van der Waals surface area contributed by atoms with Crippen LogP contribution < -0.4 is 5.73 Å². The molecule has 0 atom stereocenters. The van der Waals surface area contributed by atoms with E-state index in [1.54, 1.807) is 0 Å². The molecule has 0 bridgehead atoms. The Bertz CT molecular complexity index is 350. The van der Waals surface area contributed by atoms with E-state index in [9.17, 15) is 0 Å². The van der Waals surface area contributed by atoms with Crippen LogP contribution in [0.2, 0.25) is 0 Å². The van der Waals surface area contributed by atoms with Crippen LogP contribution in [0.1, 0.15) is 25.0 Å². The van der Waals surface area contributed by atoms with E-state index in [0.29, 0.717) is 6.10 Å². The monoisotopic (exact) mass is 236 g/mol. The molecule has 1 rings (SSSR count). The first-order valence-electron chi connectivity index (χ1n) is 6.14. The summed E-state index contributed by atoms with van der Waals surface area (Å²) < 4.78 is 5.53. The summed E-state index contributed by atoms with van der Waals surface area (Å²) in [5.41, 5.74) is 9.27. The average Bonchev–Trinajstić information content (AvgIpc) is 2.23. The van der Waals surface area contributed by atoms with E-state index in [0.717, 1.165) is 25.4 Å². The molecule has 0 aliphatic carbocycles. The van der Waals surface area contributed by atoms with Crippen LogP contribution in [-0.2, 0) is 11.3 Å². The Morgan fingerprint density at radius 3 is 2.71 bits per heavy atom. The van der Waals surface area contributed by atoms with Gasteiger partial charge in [0.1, 0.15) is 0 Å². The zero-order valence-corrected chi connectivity index (χ0v) is 11.4. The zero-order valence-electron chi connectivity index (χ0n) is 11.4. The Morgan fingerprint density at radius 1 is 1.35 bits per heavy atom. The molecular formula is C14H24N2O. The minimum Gasteiger partial charge on any atom is -0.398 e. The Balaban J connectivity index is 2.44. The highest BCUT2D eigenvalue weighted by Crippen LogP contribution is 2.15. The number of likely N-dealkylation sites (N-methyl/N-ethyl adjacent to an activating group) is 1. The molecule has 0 fully saturated rings. The van der Waals surface area contributed by atoms with Gasteiger partial charge in [0, 0.05) is 18.8 Å². The van der Waals surface area contributed by atoms with E-state index < -0.39 is 0 Å². The van der Waals surface area contributed by atoms with Crippen LogP contribution in [0.4, 0.5) is 5.69 Å². The molecule has 0 heterocycles. The number of aryl methyl sites for hydroxylation is 1. The Labute approximate surface area is 105 Å².